The minimum Gasteiger partial charge on any atom is -0.331 e. The van der Waals surface area contributed by atoms with Gasteiger partial charge in [-0.15, -0.1) is 0 Å². The summed E-state index contributed by atoms with van der Waals surface area (Å²) in [6.45, 7) is 6.97. The molecule has 0 aliphatic carbocycles. The monoisotopic (exact) mass is 257 g/mol. The quantitative estimate of drug-likeness (QED) is 0.751. The highest BCUT2D eigenvalue weighted by molar-refractivity contribution is 5.82. The number of carbonyl (C=O) groups excluding carboxylic acids is 1. The summed E-state index contributed by atoms with van der Waals surface area (Å²) in [7, 11) is 0. The molecule has 102 valence electrons. The first kappa shape index (κ1) is 13.9. The first-order valence-corrected chi connectivity index (χ1v) is 7.09. The molecular formula is C17H23NO. The van der Waals surface area contributed by atoms with Crippen LogP contribution in [0.25, 0.3) is 0 Å². The molecule has 0 saturated heterocycles. The van der Waals surface area contributed by atoms with Crippen LogP contribution in [0.5, 0.6) is 0 Å². The molecule has 1 aliphatic rings. The number of carbonyl (C=O) groups is 1. The van der Waals surface area contributed by atoms with E-state index in [-0.39, 0.29) is 17.4 Å². The molecule has 1 aromatic rings. The number of benzene rings is 1. The Labute approximate surface area is 116 Å². The Bertz CT molecular complexity index is 461. The Kier molecular flexibility index (Phi) is 4.08. The maximum Gasteiger partial charge on any atom is 0.228 e. The average molecular weight is 257 g/mol. The van der Waals surface area contributed by atoms with Crippen molar-refractivity contribution in [3.05, 3.63) is 48.0 Å². The van der Waals surface area contributed by atoms with Gasteiger partial charge in [-0.2, -0.15) is 0 Å². The Morgan fingerprint density at radius 1 is 1.32 bits per heavy atom. The van der Waals surface area contributed by atoms with E-state index in [0.717, 1.165) is 19.4 Å². The maximum atomic E-state index is 12.7. The molecule has 2 heteroatoms. The third-order valence-electron chi connectivity index (χ3n) is 4.06. The molecule has 0 radical (unpaired) electrons. The van der Waals surface area contributed by atoms with Gasteiger partial charge in [-0.05, 0) is 18.4 Å². The largest absolute Gasteiger partial charge is 0.331 e. The molecule has 0 saturated carbocycles. The lowest BCUT2D eigenvalue weighted by atomic mass is 9.86. The van der Waals surface area contributed by atoms with E-state index in [4.69, 9.17) is 0 Å². The van der Waals surface area contributed by atoms with Gasteiger partial charge in [0.1, 0.15) is 0 Å². The van der Waals surface area contributed by atoms with Gasteiger partial charge in [0.25, 0.3) is 0 Å². The van der Waals surface area contributed by atoms with Crippen molar-refractivity contribution in [1.29, 1.82) is 0 Å². The molecule has 1 atom stereocenters. The molecule has 0 aromatic heterocycles. The Hall–Kier alpha value is -1.57. The van der Waals surface area contributed by atoms with Crippen LogP contribution in [-0.2, 0) is 4.79 Å². The van der Waals surface area contributed by atoms with Gasteiger partial charge in [0.2, 0.25) is 5.91 Å². The normalized spacial score (nSPS) is 19.5. The Morgan fingerprint density at radius 3 is 2.63 bits per heavy atom. The minimum atomic E-state index is -0.280. The van der Waals surface area contributed by atoms with E-state index in [1.54, 1.807) is 0 Å². The fraction of sp³-hybridized carbons (Fsp3) is 0.471. The SMILES string of the molecule is CCC(C)(C)C(=O)N1CCC=C[C@H]1c1ccccc1. The van der Waals surface area contributed by atoms with Crippen molar-refractivity contribution < 1.29 is 4.79 Å². The second-order valence-electron chi connectivity index (χ2n) is 5.81. The fourth-order valence-corrected chi connectivity index (χ4v) is 2.39. The minimum absolute atomic E-state index is 0.0910. The third kappa shape index (κ3) is 2.89. The maximum absolute atomic E-state index is 12.7. The van der Waals surface area contributed by atoms with Crippen molar-refractivity contribution in [1.82, 2.24) is 4.90 Å². The molecule has 1 amide bonds. The third-order valence-corrected chi connectivity index (χ3v) is 4.06. The highest BCUT2D eigenvalue weighted by atomic mass is 16.2. The first-order chi connectivity index (χ1) is 9.06. The average Bonchev–Trinajstić information content (AvgIpc) is 2.47. The van der Waals surface area contributed by atoms with Gasteiger partial charge >= 0.3 is 0 Å². The molecule has 0 unspecified atom stereocenters. The van der Waals surface area contributed by atoms with Crippen molar-refractivity contribution in [2.45, 2.75) is 39.7 Å². The van der Waals surface area contributed by atoms with Crippen LogP contribution < -0.4 is 0 Å². The summed E-state index contributed by atoms with van der Waals surface area (Å²) in [6, 6.07) is 10.4. The van der Waals surface area contributed by atoms with Gasteiger partial charge in [-0.3, -0.25) is 4.79 Å². The Morgan fingerprint density at radius 2 is 2.00 bits per heavy atom. The van der Waals surface area contributed by atoms with Crippen molar-refractivity contribution in [3.63, 3.8) is 0 Å². The summed E-state index contributed by atoms with van der Waals surface area (Å²) in [5.41, 5.74) is 0.914. The summed E-state index contributed by atoms with van der Waals surface area (Å²) in [5.74, 6) is 0.258. The molecule has 1 aromatic carbocycles. The van der Waals surface area contributed by atoms with Gasteiger partial charge in [0, 0.05) is 12.0 Å². The number of hydrogen-bond donors (Lipinski definition) is 0. The smallest absolute Gasteiger partial charge is 0.228 e. The summed E-state index contributed by atoms with van der Waals surface area (Å²) >= 11 is 0. The van der Waals surface area contributed by atoms with Crippen LogP contribution in [-0.4, -0.2) is 17.4 Å². The predicted molar refractivity (Wildman–Crippen MR) is 78.7 cm³/mol. The summed E-state index contributed by atoms with van der Waals surface area (Å²) in [4.78, 5) is 14.8. The summed E-state index contributed by atoms with van der Waals surface area (Å²) in [5, 5.41) is 0. The van der Waals surface area contributed by atoms with E-state index in [2.05, 4.69) is 31.2 Å². The predicted octanol–water partition coefficient (Wildman–Crippen LogP) is 3.95. The van der Waals surface area contributed by atoms with Crippen molar-refractivity contribution in [3.8, 4) is 0 Å². The van der Waals surface area contributed by atoms with E-state index in [1.165, 1.54) is 5.56 Å². The number of nitrogens with zero attached hydrogens (tertiary/aromatic N) is 1. The Balaban J connectivity index is 2.29. The molecule has 0 N–H and O–H groups in total. The van der Waals surface area contributed by atoms with Crippen LogP contribution >= 0.6 is 0 Å². The zero-order chi connectivity index (χ0) is 13.9. The molecule has 0 spiro atoms. The lowest BCUT2D eigenvalue weighted by Crippen LogP contribution is -2.43. The molecule has 1 heterocycles. The van der Waals surface area contributed by atoms with Gasteiger partial charge in [-0.1, -0.05) is 63.3 Å². The second-order valence-corrected chi connectivity index (χ2v) is 5.81. The topological polar surface area (TPSA) is 20.3 Å². The van der Waals surface area contributed by atoms with E-state index < -0.39 is 0 Å². The van der Waals surface area contributed by atoms with Crippen LogP contribution in [0.1, 0.15) is 45.2 Å². The van der Waals surface area contributed by atoms with E-state index >= 15 is 0 Å². The van der Waals surface area contributed by atoms with Crippen LogP contribution in [0.4, 0.5) is 0 Å². The number of hydrogen-bond acceptors (Lipinski definition) is 1. The molecule has 1 aliphatic heterocycles. The molecule has 2 rings (SSSR count). The van der Waals surface area contributed by atoms with Gasteiger partial charge < -0.3 is 4.90 Å². The van der Waals surface area contributed by atoms with Crippen LogP contribution in [0, 0.1) is 5.41 Å². The zero-order valence-electron chi connectivity index (χ0n) is 12.1. The highest BCUT2D eigenvalue weighted by Crippen LogP contribution is 2.32. The number of amides is 1. The molecule has 0 fully saturated rings. The first-order valence-electron chi connectivity index (χ1n) is 7.09. The van der Waals surface area contributed by atoms with Crippen molar-refractivity contribution in [2.24, 2.45) is 5.41 Å². The van der Waals surface area contributed by atoms with Crippen LogP contribution in [0.3, 0.4) is 0 Å². The van der Waals surface area contributed by atoms with E-state index in [9.17, 15) is 4.79 Å². The summed E-state index contributed by atoms with van der Waals surface area (Å²) in [6.07, 6.45) is 6.16. The lowest BCUT2D eigenvalue weighted by Gasteiger charge is -2.38. The summed E-state index contributed by atoms with van der Waals surface area (Å²) < 4.78 is 0. The van der Waals surface area contributed by atoms with Crippen LogP contribution in [0.2, 0.25) is 0 Å². The molecule has 19 heavy (non-hydrogen) atoms. The molecular weight excluding hydrogens is 234 g/mol. The van der Waals surface area contributed by atoms with Crippen molar-refractivity contribution in [2.75, 3.05) is 6.54 Å². The van der Waals surface area contributed by atoms with E-state index in [1.807, 2.05) is 36.9 Å². The molecule has 2 nitrogen and oxygen atoms in total. The van der Waals surface area contributed by atoms with Gasteiger partial charge in [0.05, 0.1) is 6.04 Å². The van der Waals surface area contributed by atoms with Gasteiger partial charge in [0.15, 0.2) is 0 Å². The van der Waals surface area contributed by atoms with Crippen LogP contribution in [0.15, 0.2) is 42.5 Å². The zero-order valence-corrected chi connectivity index (χ0v) is 12.1. The van der Waals surface area contributed by atoms with E-state index in [0.29, 0.717) is 0 Å². The molecule has 0 bridgehead atoms. The highest BCUT2D eigenvalue weighted by Gasteiger charge is 2.34. The number of rotatable bonds is 3. The second kappa shape index (κ2) is 5.60. The standard InChI is InChI=1S/C17H23NO/c1-4-17(2,3)16(19)18-13-9-8-12-15(18)14-10-6-5-7-11-14/h5-8,10-12,15H,4,9,13H2,1-3H3/t15-/m0/s1. The van der Waals surface area contributed by atoms with Crippen molar-refractivity contribution >= 4 is 5.91 Å². The lowest BCUT2D eigenvalue weighted by molar-refractivity contribution is -0.142. The van der Waals surface area contributed by atoms with Gasteiger partial charge in [-0.25, -0.2) is 0 Å². The fourth-order valence-electron chi connectivity index (χ4n) is 2.39.